The van der Waals surface area contributed by atoms with Gasteiger partial charge in [-0.2, -0.15) is 13.2 Å². The Morgan fingerprint density at radius 3 is 2.48 bits per heavy atom. The molecule has 2 rings (SSSR count). The topological polar surface area (TPSA) is 79.9 Å². The predicted octanol–water partition coefficient (Wildman–Crippen LogP) is 3.82. The van der Waals surface area contributed by atoms with E-state index < -0.39 is 48.3 Å². The molecule has 2 N–H and O–H groups in total. The number of anilines is 1. The summed E-state index contributed by atoms with van der Waals surface area (Å²) < 4.78 is 63.3. The van der Waals surface area contributed by atoms with Crippen molar-refractivity contribution >= 4 is 17.8 Å². The van der Waals surface area contributed by atoms with E-state index in [0.29, 0.717) is 0 Å². The molecule has 0 spiro atoms. The van der Waals surface area contributed by atoms with Crippen molar-refractivity contribution in [3.05, 3.63) is 29.6 Å². The highest BCUT2D eigenvalue weighted by atomic mass is 19.4. The highest BCUT2D eigenvalue weighted by molar-refractivity contribution is 5.85. The van der Waals surface area contributed by atoms with Crippen LogP contribution < -0.4 is 10.6 Å². The van der Waals surface area contributed by atoms with E-state index in [0.717, 1.165) is 11.0 Å². The van der Waals surface area contributed by atoms with Gasteiger partial charge in [0.2, 0.25) is 0 Å². The van der Waals surface area contributed by atoms with Crippen LogP contribution in [0.2, 0.25) is 0 Å². The van der Waals surface area contributed by atoms with Gasteiger partial charge in [0.1, 0.15) is 17.5 Å². The van der Waals surface area contributed by atoms with E-state index in [1.807, 2.05) is 5.32 Å². The van der Waals surface area contributed by atoms with Gasteiger partial charge in [-0.1, -0.05) is 6.07 Å². The molecule has 1 aliphatic rings. The van der Waals surface area contributed by atoms with Crippen LogP contribution in [0.5, 0.6) is 0 Å². The van der Waals surface area contributed by atoms with E-state index in [1.54, 1.807) is 20.8 Å². The minimum absolute atomic E-state index is 0.143. The third-order valence-electron chi connectivity index (χ3n) is 4.05. The first-order valence-electron chi connectivity index (χ1n) is 8.74. The molecule has 0 aliphatic carbocycles. The first-order chi connectivity index (χ1) is 13.3. The number of halogens is 4. The molecule has 0 saturated carbocycles. The van der Waals surface area contributed by atoms with Crippen molar-refractivity contribution in [3.63, 3.8) is 0 Å². The lowest BCUT2D eigenvalue weighted by molar-refractivity contribution is -0.150. The Kier molecular flexibility index (Phi) is 6.61. The number of amides is 3. The largest absolute Gasteiger partial charge is 0.444 e. The molecular weight excluding hydrogens is 398 g/mol. The average molecular weight is 421 g/mol. The first kappa shape index (κ1) is 22.7. The van der Waals surface area contributed by atoms with Crippen LogP contribution in [0.4, 0.5) is 32.8 Å². The number of nitrogens with zero attached hydrogens (tertiary/aromatic N) is 1. The molecule has 1 saturated heterocycles. The zero-order valence-corrected chi connectivity index (χ0v) is 16.4. The summed E-state index contributed by atoms with van der Waals surface area (Å²) in [7, 11) is 1.32. The third kappa shape index (κ3) is 5.96. The molecule has 2 atom stereocenters. The van der Waals surface area contributed by atoms with E-state index in [1.165, 1.54) is 19.2 Å². The van der Waals surface area contributed by atoms with Gasteiger partial charge in [-0.05, 0) is 38.5 Å². The number of carbonyl (C=O) groups excluding carboxylic acids is 2. The SMILES string of the molecule is COC[C@H](c1ccc(NC(=O)OC(C)(C)C)c(F)c1)N1C[C@@H](C(F)(F)F)NC1=O. The van der Waals surface area contributed by atoms with Gasteiger partial charge in [0, 0.05) is 7.11 Å². The maximum atomic E-state index is 14.5. The second kappa shape index (κ2) is 8.44. The van der Waals surface area contributed by atoms with Crippen LogP contribution in [0, 0.1) is 5.82 Å². The zero-order valence-electron chi connectivity index (χ0n) is 16.4. The molecule has 162 valence electrons. The lowest BCUT2D eigenvalue weighted by atomic mass is 10.0. The summed E-state index contributed by atoms with van der Waals surface area (Å²) in [4.78, 5) is 24.8. The molecule has 1 heterocycles. The summed E-state index contributed by atoms with van der Waals surface area (Å²) in [5.41, 5.74) is -0.724. The summed E-state index contributed by atoms with van der Waals surface area (Å²) >= 11 is 0. The maximum absolute atomic E-state index is 14.5. The summed E-state index contributed by atoms with van der Waals surface area (Å²) in [5, 5.41) is 4.13. The highest BCUT2D eigenvalue weighted by Gasteiger charge is 2.48. The van der Waals surface area contributed by atoms with Gasteiger partial charge in [-0.25, -0.2) is 14.0 Å². The number of alkyl halides is 3. The van der Waals surface area contributed by atoms with Crippen LogP contribution in [0.3, 0.4) is 0 Å². The van der Waals surface area contributed by atoms with Crippen molar-refractivity contribution in [2.75, 3.05) is 25.6 Å². The minimum atomic E-state index is -4.60. The molecule has 0 bridgehead atoms. The van der Waals surface area contributed by atoms with Crippen molar-refractivity contribution in [1.82, 2.24) is 10.2 Å². The van der Waals surface area contributed by atoms with Gasteiger partial charge < -0.3 is 19.7 Å². The molecule has 1 aromatic carbocycles. The van der Waals surface area contributed by atoms with Crippen molar-refractivity contribution in [2.24, 2.45) is 0 Å². The maximum Gasteiger partial charge on any atom is 0.412 e. The number of nitrogens with one attached hydrogen (secondary N) is 2. The molecule has 29 heavy (non-hydrogen) atoms. The molecule has 3 amide bonds. The van der Waals surface area contributed by atoms with Gasteiger partial charge >= 0.3 is 18.3 Å². The summed E-state index contributed by atoms with van der Waals surface area (Å²) in [6.45, 7) is 4.18. The number of methoxy groups -OCH3 is 1. The van der Waals surface area contributed by atoms with Crippen LogP contribution >= 0.6 is 0 Å². The van der Waals surface area contributed by atoms with Crippen molar-refractivity contribution < 1.29 is 36.6 Å². The number of hydrogen-bond donors (Lipinski definition) is 2. The van der Waals surface area contributed by atoms with Gasteiger partial charge in [0.05, 0.1) is 24.9 Å². The summed E-state index contributed by atoms with van der Waals surface area (Å²) in [6, 6.07) is -0.222. The van der Waals surface area contributed by atoms with Gasteiger partial charge in [-0.3, -0.25) is 5.32 Å². The molecule has 0 aromatic heterocycles. The quantitative estimate of drug-likeness (QED) is 0.709. The molecule has 0 radical (unpaired) electrons. The van der Waals surface area contributed by atoms with Crippen molar-refractivity contribution in [3.8, 4) is 0 Å². The van der Waals surface area contributed by atoms with Gasteiger partial charge in [0.25, 0.3) is 0 Å². The summed E-state index contributed by atoms with van der Waals surface area (Å²) in [5.74, 6) is -0.832. The number of carbonyl (C=O) groups is 2. The average Bonchev–Trinajstić information content (AvgIpc) is 2.95. The van der Waals surface area contributed by atoms with Crippen LogP contribution in [-0.2, 0) is 9.47 Å². The standard InChI is InChI=1S/C18H23F4N3O4/c1-17(2,3)29-16(27)23-12-6-5-10(7-11(12)19)13(9-28-4)25-8-14(18(20,21)22)24-15(25)26/h5-7,13-14H,8-9H2,1-4H3,(H,23,27)(H,24,26)/t13-,14+/m1/s1. The smallest absolute Gasteiger partial charge is 0.412 e. The van der Waals surface area contributed by atoms with Gasteiger partial charge in [-0.15, -0.1) is 0 Å². The Morgan fingerprint density at radius 2 is 2.00 bits per heavy atom. The number of benzene rings is 1. The van der Waals surface area contributed by atoms with E-state index in [9.17, 15) is 27.2 Å². The Balaban J connectivity index is 2.21. The normalized spacial score (nSPS) is 18.4. The Bertz CT molecular complexity index is 764. The Morgan fingerprint density at radius 1 is 1.34 bits per heavy atom. The fraction of sp³-hybridized carbons (Fsp3) is 0.556. The number of ether oxygens (including phenoxy) is 2. The zero-order chi connectivity index (χ0) is 22.0. The lowest BCUT2D eigenvalue weighted by Crippen LogP contribution is -2.40. The number of urea groups is 1. The van der Waals surface area contributed by atoms with Crippen molar-refractivity contribution in [1.29, 1.82) is 0 Å². The van der Waals surface area contributed by atoms with E-state index >= 15 is 0 Å². The Hall–Kier alpha value is -2.56. The molecule has 1 aliphatic heterocycles. The third-order valence-corrected chi connectivity index (χ3v) is 4.05. The molecular formula is C18H23F4N3O4. The number of rotatable bonds is 5. The van der Waals surface area contributed by atoms with Crippen LogP contribution in [0.25, 0.3) is 0 Å². The molecule has 7 nitrogen and oxygen atoms in total. The monoisotopic (exact) mass is 421 g/mol. The molecule has 11 heteroatoms. The fourth-order valence-electron chi connectivity index (χ4n) is 2.79. The van der Waals surface area contributed by atoms with Crippen LogP contribution in [0.1, 0.15) is 32.4 Å². The molecule has 0 unspecified atom stereocenters. The highest BCUT2D eigenvalue weighted by Crippen LogP contribution is 2.31. The minimum Gasteiger partial charge on any atom is -0.444 e. The second-order valence-electron chi connectivity index (χ2n) is 7.53. The van der Waals surface area contributed by atoms with E-state index in [4.69, 9.17) is 9.47 Å². The van der Waals surface area contributed by atoms with Crippen LogP contribution in [0.15, 0.2) is 18.2 Å². The van der Waals surface area contributed by atoms with Crippen molar-refractivity contribution in [2.45, 2.75) is 44.6 Å². The number of hydrogen-bond acceptors (Lipinski definition) is 4. The van der Waals surface area contributed by atoms with Gasteiger partial charge in [0.15, 0.2) is 0 Å². The van der Waals surface area contributed by atoms with E-state index in [-0.39, 0.29) is 17.9 Å². The second-order valence-corrected chi connectivity index (χ2v) is 7.53. The molecule has 1 fully saturated rings. The summed E-state index contributed by atoms with van der Waals surface area (Å²) in [6.07, 6.45) is -5.46. The predicted molar refractivity (Wildman–Crippen MR) is 96.0 cm³/mol. The van der Waals surface area contributed by atoms with Crippen LogP contribution in [-0.4, -0.2) is 55.1 Å². The molecule has 1 aromatic rings. The Labute approximate surface area is 165 Å². The fourth-order valence-corrected chi connectivity index (χ4v) is 2.79. The lowest BCUT2D eigenvalue weighted by Gasteiger charge is -2.27. The van der Waals surface area contributed by atoms with E-state index in [2.05, 4.69) is 5.32 Å². The first-order valence-corrected chi connectivity index (χ1v) is 8.74.